The van der Waals surface area contributed by atoms with Crippen LogP contribution in [0.3, 0.4) is 0 Å². The summed E-state index contributed by atoms with van der Waals surface area (Å²) in [4.78, 5) is 8.00. The standard InChI is InChI=1S/C16H26F3N5O2S/c1-4-20-15(24-12(2)7-11-27(3,25)26)23-10-9-22-14-13(16(17,18)19)6-5-8-21-14/h5-6,8,12H,4,7,9-11H2,1-3H3,(H,21,22)(H2,20,23,24). The molecule has 0 aliphatic carbocycles. The summed E-state index contributed by atoms with van der Waals surface area (Å²) in [6.07, 6.45) is -1.59. The number of nitrogens with zero attached hydrogens (tertiary/aromatic N) is 2. The van der Waals surface area contributed by atoms with Gasteiger partial charge in [-0.2, -0.15) is 13.2 Å². The Morgan fingerprint density at radius 2 is 2.07 bits per heavy atom. The number of hydrogen-bond acceptors (Lipinski definition) is 5. The summed E-state index contributed by atoms with van der Waals surface area (Å²) in [5.41, 5.74) is -0.826. The summed E-state index contributed by atoms with van der Waals surface area (Å²) in [6, 6.07) is 2.07. The van der Waals surface area contributed by atoms with Crippen LogP contribution in [0.2, 0.25) is 0 Å². The summed E-state index contributed by atoms with van der Waals surface area (Å²) in [5.74, 6) is 0.291. The van der Waals surface area contributed by atoms with Gasteiger partial charge < -0.3 is 16.0 Å². The lowest BCUT2D eigenvalue weighted by Gasteiger charge is -2.17. The number of guanidine groups is 1. The van der Waals surface area contributed by atoms with Crippen molar-refractivity contribution in [3.05, 3.63) is 23.9 Å². The van der Waals surface area contributed by atoms with Gasteiger partial charge in [-0.05, 0) is 32.4 Å². The highest BCUT2D eigenvalue weighted by Gasteiger charge is 2.33. The van der Waals surface area contributed by atoms with Crippen LogP contribution >= 0.6 is 0 Å². The van der Waals surface area contributed by atoms with E-state index < -0.39 is 21.6 Å². The molecular formula is C16H26F3N5O2S. The van der Waals surface area contributed by atoms with Gasteiger partial charge in [-0.1, -0.05) is 0 Å². The molecular weight excluding hydrogens is 383 g/mol. The number of pyridine rings is 1. The Hall–Kier alpha value is -2.04. The maximum atomic E-state index is 12.9. The Morgan fingerprint density at radius 3 is 2.67 bits per heavy atom. The zero-order chi connectivity index (χ0) is 20.5. The van der Waals surface area contributed by atoms with E-state index in [4.69, 9.17) is 0 Å². The van der Waals surface area contributed by atoms with E-state index in [1.54, 1.807) is 0 Å². The van der Waals surface area contributed by atoms with Gasteiger partial charge >= 0.3 is 6.18 Å². The topological polar surface area (TPSA) is 95.5 Å². The van der Waals surface area contributed by atoms with Gasteiger partial charge in [0.05, 0.1) is 17.9 Å². The van der Waals surface area contributed by atoms with Crippen LogP contribution in [0.4, 0.5) is 19.0 Å². The van der Waals surface area contributed by atoms with E-state index in [2.05, 4.69) is 25.9 Å². The maximum absolute atomic E-state index is 12.9. The molecule has 7 nitrogen and oxygen atoms in total. The third-order valence-electron chi connectivity index (χ3n) is 3.44. The highest BCUT2D eigenvalue weighted by molar-refractivity contribution is 7.90. The molecule has 0 aliphatic rings. The number of rotatable bonds is 9. The number of nitrogens with one attached hydrogen (secondary N) is 3. The lowest BCUT2D eigenvalue weighted by Crippen LogP contribution is -2.43. The van der Waals surface area contributed by atoms with Gasteiger partial charge in [0, 0.05) is 31.6 Å². The number of halogens is 3. The van der Waals surface area contributed by atoms with Crippen LogP contribution in [0.25, 0.3) is 0 Å². The average Bonchev–Trinajstić information content (AvgIpc) is 2.56. The fraction of sp³-hybridized carbons (Fsp3) is 0.625. The summed E-state index contributed by atoms with van der Waals surface area (Å²) >= 11 is 0. The molecule has 3 N–H and O–H groups in total. The number of hydrogen-bond donors (Lipinski definition) is 3. The molecule has 0 amide bonds. The van der Waals surface area contributed by atoms with Crippen molar-refractivity contribution in [1.82, 2.24) is 15.6 Å². The molecule has 0 aliphatic heterocycles. The van der Waals surface area contributed by atoms with Gasteiger partial charge in [-0.3, -0.25) is 4.99 Å². The van der Waals surface area contributed by atoms with Gasteiger partial charge in [0.15, 0.2) is 5.96 Å². The molecule has 0 saturated heterocycles. The van der Waals surface area contributed by atoms with Crippen molar-refractivity contribution in [2.45, 2.75) is 32.5 Å². The second-order valence-electron chi connectivity index (χ2n) is 6.05. The average molecular weight is 409 g/mol. The molecule has 0 spiro atoms. The molecule has 1 heterocycles. The first kappa shape index (κ1) is 23.0. The molecule has 0 radical (unpaired) electrons. The molecule has 1 atom stereocenters. The molecule has 27 heavy (non-hydrogen) atoms. The second kappa shape index (κ2) is 10.3. The quantitative estimate of drug-likeness (QED) is 0.328. The van der Waals surface area contributed by atoms with Crippen LogP contribution in [-0.2, 0) is 16.0 Å². The fourth-order valence-electron chi connectivity index (χ4n) is 2.13. The molecule has 1 rings (SSSR count). The number of anilines is 1. The van der Waals surface area contributed by atoms with Gasteiger partial charge in [0.25, 0.3) is 0 Å². The predicted molar refractivity (Wildman–Crippen MR) is 101 cm³/mol. The fourth-order valence-corrected chi connectivity index (χ4v) is 2.92. The third kappa shape index (κ3) is 9.45. The van der Waals surface area contributed by atoms with E-state index >= 15 is 0 Å². The first-order valence-corrected chi connectivity index (χ1v) is 10.6. The molecule has 0 saturated carbocycles. The Balaban J connectivity index is 2.60. The highest BCUT2D eigenvalue weighted by Crippen LogP contribution is 2.33. The lowest BCUT2D eigenvalue weighted by molar-refractivity contribution is -0.137. The van der Waals surface area contributed by atoms with Crippen molar-refractivity contribution < 1.29 is 21.6 Å². The van der Waals surface area contributed by atoms with Gasteiger partial charge in [0.2, 0.25) is 0 Å². The minimum atomic E-state index is -4.48. The van der Waals surface area contributed by atoms with E-state index in [0.717, 1.165) is 6.07 Å². The number of sulfone groups is 1. The van der Waals surface area contributed by atoms with E-state index in [-0.39, 0.29) is 30.7 Å². The smallest absolute Gasteiger partial charge is 0.368 e. The number of aliphatic imine (C=N–C) groups is 1. The number of aromatic nitrogens is 1. The van der Waals surface area contributed by atoms with Crippen LogP contribution < -0.4 is 16.0 Å². The molecule has 1 aromatic heterocycles. The first-order chi connectivity index (χ1) is 12.5. The first-order valence-electron chi connectivity index (χ1n) is 8.51. The van der Waals surface area contributed by atoms with E-state index in [1.165, 1.54) is 18.5 Å². The summed E-state index contributed by atoms with van der Waals surface area (Å²) in [5, 5.41) is 8.73. The van der Waals surface area contributed by atoms with Crippen LogP contribution in [-0.4, -0.2) is 57.0 Å². The Labute approximate surface area is 157 Å². The van der Waals surface area contributed by atoms with Crippen LogP contribution in [0, 0.1) is 0 Å². The van der Waals surface area contributed by atoms with Crippen LogP contribution in [0.5, 0.6) is 0 Å². The Kier molecular flexibility index (Phi) is 8.80. The van der Waals surface area contributed by atoms with Crippen molar-refractivity contribution >= 4 is 21.6 Å². The van der Waals surface area contributed by atoms with Gasteiger partial charge in [0.1, 0.15) is 15.7 Å². The summed E-state index contributed by atoms with van der Waals surface area (Å²) in [6.45, 7) is 4.67. The summed E-state index contributed by atoms with van der Waals surface area (Å²) in [7, 11) is -3.04. The maximum Gasteiger partial charge on any atom is 0.419 e. The Bertz CT molecular complexity index is 723. The molecule has 1 aromatic rings. The van der Waals surface area contributed by atoms with Gasteiger partial charge in [-0.25, -0.2) is 13.4 Å². The largest absolute Gasteiger partial charge is 0.419 e. The minimum Gasteiger partial charge on any atom is -0.368 e. The molecule has 0 fully saturated rings. The SMILES string of the molecule is CCNC(=NCCNc1ncccc1C(F)(F)F)NC(C)CCS(C)(=O)=O. The van der Waals surface area contributed by atoms with E-state index in [0.29, 0.717) is 18.9 Å². The van der Waals surface area contributed by atoms with Crippen molar-refractivity contribution in [2.75, 3.05) is 37.0 Å². The highest BCUT2D eigenvalue weighted by atomic mass is 32.2. The van der Waals surface area contributed by atoms with Gasteiger partial charge in [-0.15, -0.1) is 0 Å². The normalized spacial score (nSPS) is 13.9. The molecule has 11 heteroatoms. The van der Waals surface area contributed by atoms with Crippen LogP contribution in [0.15, 0.2) is 23.3 Å². The Morgan fingerprint density at radius 1 is 1.37 bits per heavy atom. The van der Waals surface area contributed by atoms with Crippen molar-refractivity contribution in [1.29, 1.82) is 0 Å². The van der Waals surface area contributed by atoms with Crippen molar-refractivity contribution in [2.24, 2.45) is 4.99 Å². The zero-order valence-corrected chi connectivity index (χ0v) is 16.4. The molecule has 1 unspecified atom stereocenters. The minimum absolute atomic E-state index is 0.0576. The van der Waals surface area contributed by atoms with Crippen molar-refractivity contribution in [3.63, 3.8) is 0 Å². The third-order valence-corrected chi connectivity index (χ3v) is 4.41. The zero-order valence-electron chi connectivity index (χ0n) is 15.6. The van der Waals surface area contributed by atoms with E-state index in [9.17, 15) is 21.6 Å². The monoisotopic (exact) mass is 409 g/mol. The van der Waals surface area contributed by atoms with Crippen molar-refractivity contribution in [3.8, 4) is 0 Å². The summed E-state index contributed by atoms with van der Waals surface area (Å²) < 4.78 is 61.2. The number of alkyl halides is 3. The predicted octanol–water partition coefficient (Wildman–Crippen LogP) is 1.89. The second-order valence-corrected chi connectivity index (χ2v) is 8.31. The molecule has 154 valence electrons. The lowest BCUT2D eigenvalue weighted by atomic mass is 10.2. The van der Waals surface area contributed by atoms with E-state index in [1.807, 2.05) is 13.8 Å². The molecule has 0 aromatic carbocycles. The molecule has 0 bridgehead atoms. The van der Waals surface area contributed by atoms with Crippen LogP contribution in [0.1, 0.15) is 25.8 Å².